The molecule has 1 aliphatic rings. The number of para-hydroxylation sites is 1. The zero-order valence-electron chi connectivity index (χ0n) is 15.6. The van der Waals surface area contributed by atoms with Crippen LogP contribution in [0, 0.1) is 0 Å². The van der Waals surface area contributed by atoms with Gasteiger partial charge >= 0.3 is 6.03 Å². The number of hydrogen-bond donors (Lipinski definition) is 1. The first kappa shape index (κ1) is 18.6. The summed E-state index contributed by atoms with van der Waals surface area (Å²) in [4.78, 5) is 18.7. The molecule has 24 heavy (non-hydrogen) atoms. The van der Waals surface area contributed by atoms with E-state index in [1.165, 1.54) is 11.3 Å². The Kier molecular flexibility index (Phi) is 6.91. The minimum Gasteiger partial charge on any atom is -0.368 e. The minimum absolute atomic E-state index is 0.0746. The van der Waals surface area contributed by atoms with Gasteiger partial charge in [0.1, 0.15) is 0 Å². The Labute approximate surface area is 146 Å². The van der Waals surface area contributed by atoms with Crippen molar-refractivity contribution in [3.05, 3.63) is 29.8 Å². The molecule has 5 heteroatoms. The second-order valence-electron chi connectivity index (χ2n) is 7.08. The molecule has 134 valence electrons. The fourth-order valence-corrected chi connectivity index (χ4v) is 3.12. The molecule has 0 aromatic heterocycles. The number of hydrogen-bond acceptors (Lipinski definition) is 3. The van der Waals surface area contributed by atoms with Gasteiger partial charge in [0, 0.05) is 38.4 Å². The van der Waals surface area contributed by atoms with E-state index < -0.39 is 0 Å². The van der Waals surface area contributed by atoms with Crippen molar-refractivity contribution in [2.45, 2.75) is 26.2 Å². The average Bonchev–Trinajstić information content (AvgIpc) is 2.58. The molecule has 1 fully saturated rings. The van der Waals surface area contributed by atoms with Gasteiger partial charge in [-0.05, 0) is 44.6 Å². The van der Waals surface area contributed by atoms with Gasteiger partial charge in [0.05, 0.1) is 0 Å². The topological polar surface area (TPSA) is 38.8 Å². The third-order valence-electron chi connectivity index (χ3n) is 4.52. The summed E-state index contributed by atoms with van der Waals surface area (Å²) in [6.07, 6.45) is 0.987. The molecular formula is C19H32N4O. The van der Waals surface area contributed by atoms with Crippen molar-refractivity contribution in [1.82, 2.24) is 15.1 Å². The SMILES string of the molecule is CC(C)c1ccccc1N1CCN(C(=O)NCCCN(C)C)CC1. The highest BCUT2D eigenvalue weighted by molar-refractivity contribution is 5.74. The second-order valence-corrected chi connectivity index (χ2v) is 7.08. The molecule has 2 rings (SSSR count). The Morgan fingerprint density at radius 3 is 2.46 bits per heavy atom. The van der Waals surface area contributed by atoms with E-state index >= 15 is 0 Å². The quantitative estimate of drug-likeness (QED) is 0.814. The minimum atomic E-state index is 0.0746. The van der Waals surface area contributed by atoms with E-state index in [9.17, 15) is 4.79 Å². The van der Waals surface area contributed by atoms with E-state index in [1.807, 2.05) is 4.90 Å². The Morgan fingerprint density at radius 1 is 1.17 bits per heavy atom. The molecule has 0 unspecified atom stereocenters. The third kappa shape index (κ3) is 5.13. The lowest BCUT2D eigenvalue weighted by Gasteiger charge is -2.37. The standard InChI is InChI=1S/C19H32N4O/c1-16(2)17-8-5-6-9-18(17)22-12-14-23(15-13-22)19(24)20-10-7-11-21(3)4/h5-6,8-9,16H,7,10-15H2,1-4H3,(H,20,24). The van der Waals surface area contributed by atoms with Crippen molar-refractivity contribution in [1.29, 1.82) is 0 Å². The van der Waals surface area contributed by atoms with E-state index in [0.717, 1.165) is 45.7 Å². The van der Waals surface area contributed by atoms with Gasteiger partial charge in [-0.15, -0.1) is 0 Å². The van der Waals surface area contributed by atoms with Crippen LogP contribution in [0.2, 0.25) is 0 Å². The van der Waals surface area contributed by atoms with Crippen molar-refractivity contribution < 1.29 is 4.79 Å². The predicted molar refractivity (Wildman–Crippen MR) is 101 cm³/mol. The molecule has 1 N–H and O–H groups in total. The maximum absolute atomic E-state index is 12.2. The second kappa shape index (κ2) is 8.92. The Hall–Kier alpha value is -1.75. The number of piperazine rings is 1. The molecule has 5 nitrogen and oxygen atoms in total. The summed E-state index contributed by atoms with van der Waals surface area (Å²) in [5, 5.41) is 3.03. The summed E-state index contributed by atoms with van der Waals surface area (Å²) in [5.41, 5.74) is 2.71. The van der Waals surface area contributed by atoms with Crippen LogP contribution in [-0.2, 0) is 0 Å². The van der Waals surface area contributed by atoms with Gasteiger partial charge in [0.25, 0.3) is 0 Å². The van der Waals surface area contributed by atoms with Gasteiger partial charge < -0.3 is 20.0 Å². The molecule has 2 amide bonds. The lowest BCUT2D eigenvalue weighted by atomic mass is 10.00. The van der Waals surface area contributed by atoms with Crippen LogP contribution in [0.4, 0.5) is 10.5 Å². The van der Waals surface area contributed by atoms with Gasteiger partial charge in [-0.3, -0.25) is 0 Å². The van der Waals surface area contributed by atoms with Crippen molar-refractivity contribution in [2.24, 2.45) is 0 Å². The first-order valence-electron chi connectivity index (χ1n) is 9.00. The summed E-state index contributed by atoms with van der Waals surface area (Å²) in [5.74, 6) is 0.513. The zero-order valence-corrected chi connectivity index (χ0v) is 15.6. The number of nitrogens with zero attached hydrogens (tertiary/aromatic N) is 3. The number of rotatable bonds is 6. The highest BCUT2D eigenvalue weighted by Crippen LogP contribution is 2.27. The summed E-state index contributed by atoms with van der Waals surface area (Å²) in [6, 6.07) is 8.70. The van der Waals surface area contributed by atoms with E-state index in [1.54, 1.807) is 0 Å². The Balaban J connectivity index is 1.82. The van der Waals surface area contributed by atoms with Crippen LogP contribution in [0.15, 0.2) is 24.3 Å². The number of carbonyl (C=O) groups is 1. The predicted octanol–water partition coefficient (Wildman–Crippen LogP) is 2.59. The molecule has 0 spiro atoms. The molecule has 1 aliphatic heterocycles. The van der Waals surface area contributed by atoms with Crippen LogP contribution < -0.4 is 10.2 Å². The summed E-state index contributed by atoms with van der Waals surface area (Å²) in [7, 11) is 4.10. The zero-order chi connectivity index (χ0) is 17.5. The van der Waals surface area contributed by atoms with Crippen molar-refractivity contribution in [3.63, 3.8) is 0 Å². The van der Waals surface area contributed by atoms with Crippen LogP contribution in [0.25, 0.3) is 0 Å². The number of carbonyl (C=O) groups excluding carboxylic acids is 1. The van der Waals surface area contributed by atoms with E-state index in [2.05, 4.69) is 67.3 Å². The summed E-state index contributed by atoms with van der Waals surface area (Å²) in [6.45, 7) is 9.57. The van der Waals surface area contributed by atoms with Crippen LogP contribution in [0.5, 0.6) is 0 Å². The third-order valence-corrected chi connectivity index (χ3v) is 4.52. The molecule has 0 atom stereocenters. The Bertz CT molecular complexity index is 522. The molecule has 1 heterocycles. The van der Waals surface area contributed by atoms with E-state index in [4.69, 9.17) is 0 Å². The van der Waals surface area contributed by atoms with Gasteiger partial charge in [-0.1, -0.05) is 32.0 Å². The first-order chi connectivity index (χ1) is 11.5. The van der Waals surface area contributed by atoms with Crippen molar-refractivity contribution in [2.75, 3.05) is 58.3 Å². The summed E-state index contributed by atoms with van der Waals surface area (Å²) >= 11 is 0. The van der Waals surface area contributed by atoms with Crippen LogP contribution >= 0.6 is 0 Å². The molecule has 1 aromatic rings. The van der Waals surface area contributed by atoms with E-state index in [-0.39, 0.29) is 6.03 Å². The lowest BCUT2D eigenvalue weighted by molar-refractivity contribution is 0.194. The summed E-state index contributed by atoms with van der Waals surface area (Å²) < 4.78 is 0. The fourth-order valence-electron chi connectivity index (χ4n) is 3.12. The van der Waals surface area contributed by atoms with Crippen LogP contribution in [0.1, 0.15) is 31.7 Å². The maximum Gasteiger partial charge on any atom is 0.317 e. The molecule has 1 saturated heterocycles. The maximum atomic E-state index is 12.2. The van der Waals surface area contributed by atoms with Crippen molar-refractivity contribution >= 4 is 11.7 Å². The van der Waals surface area contributed by atoms with Crippen molar-refractivity contribution in [3.8, 4) is 0 Å². The van der Waals surface area contributed by atoms with Gasteiger partial charge in [0.2, 0.25) is 0 Å². The smallest absolute Gasteiger partial charge is 0.317 e. The number of anilines is 1. The molecule has 0 aliphatic carbocycles. The van der Waals surface area contributed by atoms with E-state index in [0.29, 0.717) is 5.92 Å². The molecule has 0 radical (unpaired) electrons. The number of amides is 2. The first-order valence-corrected chi connectivity index (χ1v) is 9.00. The van der Waals surface area contributed by atoms with Gasteiger partial charge in [-0.25, -0.2) is 4.79 Å². The number of urea groups is 1. The monoisotopic (exact) mass is 332 g/mol. The molecule has 0 bridgehead atoms. The normalized spacial score (nSPS) is 15.2. The van der Waals surface area contributed by atoms with Gasteiger partial charge in [-0.2, -0.15) is 0 Å². The van der Waals surface area contributed by atoms with Crippen LogP contribution in [-0.4, -0.2) is 69.2 Å². The Morgan fingerprint density at radius 2 is 1.83 bits per heavy atom. The number of nitrogens with one attached hydrogen (secondary N) is 1. The largest absolute Gasteiger partial charge is 0.368 e. The number of benzene rings is 1. The average molecular weight is 332 g/mol. The van der Waals surface area contributed by atoms with Crippen LogP contribution in [0.3, 0.4) is 0 Å². The fraction of sp³-hybridized carbons (Fsp3) is 0.632. The lowest BCUT2D eigenvalue weighted by Crippen LogP contribution is -2.52. The molecular weight excluding hydrogens is 300 g/mol. The highest BCUT2D eigenvalue weighted by atomic mass is 16.2. The van der Waals surface area contributed by atoms with Gasteiger partial charge in [0.15, 0.2) is 0 Å². The highest BCUT2D eigenvalue weighted by Gasteiger charge is 2.22. The molecule has 0 saturated carbocycles. The molecule has 1 aromatic carbocycles.